The van der Waals surface area contributed by atoms with Crippen molar-refractivity contribution in [3.8, 4) is 5.75 Å². The van der Waals surface area contributed by atoms with E-state index in [-0.39, 0.29) is 11.6 Å². The van der Waals surface area contributed by atoms with Crippen molar-refractivity contribution in [1.82, 2.24) is 0 Å². The van der Waals surface area contributed by atoms with E-state index in [9.17, 15) is 0 Å². The molecule has 0 aliphatic carbocycles. The zero-order chi connectivity index (χ0) is 13.0. The van der Waals surface area contributed by atoms with Crippen LogP contribution in [0.25, 0.3) is 0 Å². The molecule has 0 bridgehead atoms. The average Bonchev–Trinajstić information content (AvgIpc) is 2.76. The van der Waals surface area contributed by atoms with Crippen LogP contribution in [0.3, 0.4) is 0 Å². The summed E-state index contributed by atoms with van der Waals surface area (Å²) in [4.78, 5) is 0. The first kappa shape index (κ1) is 11.9. The molecule has 2 aromatic rings. The first-order valence-corrected chi connectivity index (χ1v) is 5.37. The van der Waals surface area contributed by atoms with Crippen molar-refractivity contribution in [2.24, 2.45) is 15.9 Å². The van der Waals surface area contributed by atoms with Crippen LogP contribution >= 0.6 is 0 Å². The van der Waals surface area contributed by atoms with Crippen molar-refractivity contribution >= 4 is 12.1 Å². The fraction of sp³-hybridized carbons (Fsp3) is 0.0769. The van der Waals surface area contributed by atoms with Crippen molar-refractivity contribution in [2.75, 3.05) is 0 Å². The van der Waals surface area contributed by atoms with Gasteiger partial charge in [-0.05, 0) is 43.3 Å². The summed E-state index contributed by atoms with van der Waals surface area (Å²) >= 11 is 0. The van der Waals surface area contributed by atoms with Gasteiger partial charge in [0.05, 0.1) is 6.21 Å². The number of nitrogens with two attached hydrogens (primary N) is 1. The molecule has 1 heterocycles. The summed E-state index contributed by atoms with van der Waals surface area (Å²) in [6.07, 6.45) is 1.49. The standard InChI is InChI=1S/C13H13N3O2/c1-9-2-7-12(18-9)8-15-16-13(14)10-3-5-11(17)6-4-10/h2-8,17H,1H3,(H2,14,16)/b15-8+. The Bertz CT molecular complexity index is 583. The molecule has 0 fully saturated rings. The fourth-order valence-corrected chi connectivity index (χ4v) is 1.36. The highest BCUT2D eigenvalue weighted by Gasteiger charge is 1.97. The Balaban J connectivity index is 2.09. The molecule has 0 aliphatic rings. The Hall–Kier alpha value is -2.56. The molecule has 1 aromatic carbocycles. The first-order valence-electron chi connectivity index (χ1n) is 5.37. The van der Waals surface area contributed by atoms with Gasteiger partial charge in [-0.25, -0.2) is 0 Å². The molecule has 0 saturated carbocycles. The van der Waals surface area contributed by atoms with Crippen LogP contribution in [-0.2, 0) is 0 Å². The highest BCUT2D eigenvalue weighted by molar-refractivity contribution is 5.97. The number of aromatic hydroxyl groups is 1. The predicted molar refractivity (Wildman–Crippen MR) is 69.9 cm³/mol. The molecule has 5 heteroatoms. The van der Waals surface area contributed by atoms with Gasteiger partial charge in [0, 0.05) is 5.56 Å². The number of aryl methyl sites for hydroxylation is 1. The quantitative estimate of drug-likeness (QED) is 0.491. The van der Waals surface area contributed by atoms with Gasteiger partial charge in [-0.2, -0.15) is 5.10 Å². The van der Waals surface area contributed by atoms with Gasteiger partial charge in [0.1, 0.15) is 17.3 Å². The topological polar surface area (TPSA) is 84.1 Å². The van der Waals surface area contributed by atoms with Crippen LogP contribution in [0.1, 0.15) is 17.1 Å². The molecule has 0 saturated heterocycles. The third-order valence-corrected chi connectivity index (χ3v) is 2.27. The molecule has 0 amide bonds. The number of rotatable bonds is 3. The molecule has 2 rings (SSSR count). The van der Waals surface area contributed by atoms with Crippen LogP contribution in [0, 0.1) is 6.92 Å². The Morgan fingerprint density at radius 3 is 2.56 bits per heavy atom. The minimum absolute atomic E-state index is 0.182. The van der Waals surface area contributed by atoms with Crippen molar-refractivity contribution in [2.45, 2.75) is 6.92 Å². The number of amidine groups is 1. The average molecular weight is 243 g/mol. The Kier molecular flexibility index (Phi) is 3.43. The molecule has 0 atom stereocenters. The maximum Gasteiger partial charge on any atom is 0.153 e. The minimum atomic E-state index is 0.182. The van der Waals surface area contributed by atoms with Crippen LogP contribution in [0.15, 0.2) is 51.0 Å². The summed E-state index contributed by atoms with van der Waals surface area (Å²) < 4.78 is 5.29. The number of hydrogen-bond donors (Lipinski definition) is 2. The molecule has 0 aliphatic heterocycles. The predicted octanol–water partition coefficient (Wildman–Crippen LogP) is 2.03. The van der Waals surface area contributed by atoms with Crippen molar-refractivity contribution in [3.63, 3.8) is 0 Å². The van der Waals surface area contributed by atoms with Gasteiger partial charge in [-0.3, -0.25) is 0 Å². The Morgan fingerprint density at radius 2 is 1.94 bits per heavy atom. The van der Waals surface area contributed by atoms with E-state index < -0.39 is 0 Å². The van der Waals surface area contributed by atoms with Crippen LogP contribution in [0.5, 0.6) is 5.75 Å². The van der Waals surface area contributed by atoms with E-state index in [4.69, 9.17) is 15.3 Å². The van der Waals surface area contributed by atoms with E-state index >= 15 is 0 Å². The summed E-state index contributed by atoms with van der Waals surface area (Å²) in [5.74, 6) is 1.89. The molecular weight excluding hydrogens is 230 g/mol. The lowest BCUT2D eigenvalue weighted by Gasteiger charge is -1.97. The first-order chi connectivity index (χ1) is 8.65. The van der Waals surface area contributed by atoms with E-state index in [0.717, 1.165) is 5.76 Å². The molecule has 5 nitrogen and oxygen atoms in total. The maximum absolute atomic E-state index is 9.14. The molecule has 92 valence electrons. The molecule has 1 aromatic heterocycles. The van der Waals surface area contributed by atoms with Gasteiger partial charge in [0.25, 0.3) is 0 Å². The second-order valence-electron chi connectivity index (χ2n) is 3.73. The fourth-order valence-electron chi connectivity index (χ4n) is 1.36. The smallest absolute Gasteiger partial charge is 0.153 e. The SMILES string of the molecule is Cc1ccc(/C=N/N=C(\N)c2ccc(O)cc2)o1. The molecular formula is C13H13N3O2. The van der Waals surface area contributed by atoms with Crippen LogP contribution in [-0.4, -0.2) is 17.2 Å². The zero-order valence-electron chi connectivity index (χ0n) is 9.87. The summed E-state index contributed by atoms with van der Waals surface area (Å²) in [5.41, 5.74) is 6.43. The number of phenolic OH excluding ortho intramolecular Hbond substituents is 1. The lowest BCUT2D eigenvalue weighted by Crippen LogP contribution is -2.12. The van der Waals surface area contributed by atoms with Gasteiger partial charge in [-0.1, -0.05) is 0 Å². The van der Waals surface area contributed by atoms with Crippen molar-refractivity contribution in [1.29, 1.82) is 0 Å². The third kappa shape index (κ3) is 2.98. The van der Waals surface area contributed by atoms with Crippen LogP contribution < -0.4 is 5.73 Å². The number of phenols is 1. The number of nitrogens with zero attached hydrogens (tertiary/aromatic N) is 2. The second kappa shape index (κ2) is 5.18. The van der Waals surface area contributed by atoms with Crippen LogP contribution in [0.4, 0.5) is 0 Å². The van der Waals surface area contributed by atoms with E-state index in [2.05, 4.69) is 10.2 Å². The summed E-state index contributed by atoms with van der Waals surface area (Å²) in [7, 11) is 0. The Morgan fingerprint density at radius 1 is 1.22 bits per heavy atom. The van der Waals surface area contributed by atoms with E-state index in [0.29, 0.717) is 11.3 Å². The molecule has 0 spiro atoms. The second-order valence-corrected chi connectivity index (χ2v) is 3.73. The third-order valence-electron chi connectivity index (χ3n) is 2.27. The van der Waals surface area contributed by atoms with Gasteiger partial charge < -0.3 is 15.3 Å². The van der Waals surface area contributed by atoms with Gasteiger partial charge in [0.2, 0.25) is 0 Å². The number of furan rings is 1. The summed E-state index contributed by atoms with van der Waals surface area (Å²) in [5, 5.41) is 16.8. The monoisotopic (exact) mass is 243 g/mol. The zero-order valence-corrected chi connectivity index (χ0v) is 9.87. The molecule has 18 heavy (non-hydrogen) atoms. The van der Waals surface area contributed by atoms with Gasteiger partial charge >= 0.3 is 0 Å². The van der Waals surface area contributed by atoms with Crippen LogP contribution in [0.2, 0.25) is 0 Å². The van der Waals surface area contributed by atoms with E-state index in [1.54, 1.807) is 18.2 Å². The van der Waals surface area contributed by atoms with Gasteiger partial charge in [-0.15, -0.1) is 5.10 Å². The number of hydrogen-bond acceptors (Lipinski definition) is 4. The minimum Gasteiger partial charge on any atom is -0.508 e. The Labute approximate surface area is 104 Å². The van der Waals surface area contributed by atoms with Crippen molar-refractivity contribution in [3.05, 3.63) is 53.5 Å². The maximum atomic E-state index is 9.14. The largest absolute Gasteiger partial charge is 0.508 e. The molecule has 0 radical (unpaired) electrons. The van der Waals surface area contributed by atoms with Gasteiger partial charge in [0.15, 0.2) is 5.84 Å². The molecule has 0 unspecified atom stereocenters. The van der Waals surface area contributed by atoms with E-state index in [1.165, 1.54) is 18.3 Å². The number of benzene rings is 1. The summed E-state index contributed by atoms with van der Waals surface area (Å²) in [6.45, 7) is 1.85. The summed E-state index contributed by atoms with van der Waals surface area (Å²) in [6, 6.07) is 10.1. The highest BCUT2D eigenvalue weighted by atomic mass is 16.3. The lowest BCUT2D eigenvalue weighted by molar-refractivity contribution is 0.475. The van der Waals surface area contributed by atoms with Crippen molar-refractivity contribution < 1.29 is 9.52 Å². The molecule has 3 N–H and O–H groups in total. The lowest BCUT2D eigenvalue weighted by atomic mass is 10.2. The highest BCUT2D eigenvalue weighted by Crippen LogP contribution is 2.09. The normalized spacial score (nSPS) is 12.2. The van der Waals surface area contributed by atoms with E-state index in [1.807, 2.05) is 13.0 Å².